The lowest BCUT2D eigenvalue weighted by molar-refractivity contribution is 0.439. The van der Waals surface area contributed by atoms with Crippen LogP contribution in [0.3, 0.4) is 0 Å². The van der Waals surface area contributed by atoms with Crippen molar-refractivity contribution in [3.63, 3.8) is 0 Å². The zero-order valence-electron chi connectivity index (χ0n) is 8.52. The zero-order valence-corrected chi connectivity index (χ0v) is 10.1. The van der Waals surface area contributed by atoms with E-state index in [0.717, 1.165) is 12.5 Å². The number of fused-ring (bicyclic) bond motifs is 1. The van der Waals surface area contributed by atoms with E-state index in [1.807, 2.05) is 7.05 Å². The van der Waals surface area contributed by atoms with Gasteiger partial charge in [-0.2, -0.15) is 0 Å². The molecule has 0 amide bonds. The quantitative estimate of drug-likeness (QED) is 0.855. The number of rotatable bonds is 2. The summed E-state index contributed by atoms with van der Waals surface area (Å²) in [5, 5.41) is 3.27. The molecule has 0 aliphatic heterocycles. The Kier molecular flexibility index (Phi) is 3.24. The Morgan fingerprint density at radius 1 is 1.50 bits per heavy atom. The van der Waals surface area contributed by atoms with Gasteiger partial charge >= 0.3 is 0 Å². The normalized spacial score (nSPS) is 20.6. The fraction of sp³-hybridized carbons (Fsp3) is 0.500. The molecule has 1 aromatic rings. The molecule has 0 bridgehead atoms. The van der Waals surface area contributed by atoms with Crippen LogP contribution < -0.4 is 5.32 Å². The van der Waals surface area contributed by atoms with Gasteiger partial charge in [0.2, 0.25) is 0 Å². The van der Waals surface area contributed by atoms with E-state index < -0.39 is 0 Å². The second kappa shape index (κ2) is 4.45. The van der Waals surface area contributed by atoms with Crippen LogP contribution in [0.15, 0.2) is 22.7 Å². The summed E-state index contributed by atoms with van der Waals surface area (Å²) < 4.78 is 1.29. The standard InChI is InChI=1S/C12H16BrN/c1-14-8-9-5-6-11-10(7-9)3-2-4-12(11)13/h2-4,9,14H,5-8H2,1H3. The first-order chi connectivity index (χ1) is 6.81. The van der Waals surface area contributed by atoms with E-state index in [1.54, 1.807) is 0 Å². The molecule has 0 heterocycles. The summed E-state index contributed by atoms with van der Waals surface area (Å²) in [6.07, 6.45) is 3.77. The average Bonchev–Trinajstić information content (AvgIpc) is 2.18. The van der Waals surface area contributed by atoms with E-state index >= 15 is 0 Å². The van der Waals surface area contributed by atoms with E-state index in [0.29, 0.717) is 0 Å². The van der Waals surface area contributed by atoms with Crippen LogP contribution in [0.5, 0.6) is 0 Å². The number of hydrogen-bond donors (Lipinski definition) is 1. The maximum Gasteiger partial charge on any atom is 0.0210 e. The van der Waals surface area contributed by atoms with Crippen LogP contribution in [0.1, 0.15) is 17.5 Å². The van der Waals surface area contributed by atoms with Gasteiger partial charge in [0, 0.05) is 4.47 Å². The second-order valence-electron chi connectivity index (χ2n) is 4.04. The van der Waals surface area contributed by atoms with Gasteiger partial charge in [0.05, 0.1) is 0 Å². The monoisotopic (exact) mass is 253 g/mol. The molecule has 14 heavy (non-hydrogen) atoms. The molecule has 1 aromatic carbocycles. The van der Waals surface area contributed by atoms with Crippen LogP contribution in [0, 0.1) is 5.92 Å². The minimum Gasteiger partial charge on any atom is -0.319 e. The largest absolute Gasteiger partial charge is 0.319 e. The van der Waals surface area contributed by atoms with Crippen molar-refractivity contribution in [1.82, 2.24) is 5.32 Å². The molecule has 0 radical (unpaired) electrons. The molecule has 76 valence electrons. The average molecular weight is 254 g/mol. The minimum absolute atomic E-state index is 0.821. The lowest BCUT2D eigenvalue weighted by Gasteiger charge is -2.25. The lowest BCUT2D eigenvalue weighted by atomic mass is 9.84. The molecule has 1 N–H and O–H groups in total. The zero-order chi connectivity index (χ0) is 9.97. The van der Waals surface area contributed by atoms with Gasteiger partial charge in [-0.05, 0) is 56.0 Å². The predicted octanol–water partition coefficient (Wildman–Crippen LogP) is 2.77. The summed E-state index contributed by atoms with van der Waals surface area (Å²) in [5.74, 6) is 0.821. The van der Waals surface area contributed by atoms with Crippen molar-refractivity contribution in [3.05, 3.63) is 33.8 Å². The van der Waals surface area contributed by atoms with E-state index in [-0.39, 0.29) is 0 Å². The Hall–Kier alpha value is -0.340. The van der Waals surface area contributed by atoms with Crippen molar-refractivity contribution in [3.8, 4) is 0 Å². The number of halogens is 1. The molecule has 1 nitrogen and oxygen atoms in total. The second-order valence-corrected chi connectivity index (χ2v) is 4.90. The first-order valence-electron chi connectivity index (χ1n) is 5.22. The highest BCUT2D eigenvalue weighted by molar-refractivity contribution is 9.10. The molecular formula is C12H16BrN. The molecule has 1 unspecified atom stereocenters. The Bertz CT molecular complexity index is 322. The van der Waals surface area contributed by atoms with Gasteiger partial charge < -0.3 is 5.32 Å². The van der Waals surface area contributed by atoms with Crippen LogP contribution in [-0.2, 0) is 12.8 Å². The van der Waals surface area contributed by atoms with Crippen molar-refractivity contribution in [2.24, 2.45) is 5.92 Å². The van der Waals surface area contributed by atoms with Gasteiger partial charge in [0.1, 0.15) is 0 Å². The predicted molar refractivity (Wildman–Crippen MR) is 63.6 cm³/mol. The van der Waals surface area contributed by atoms with Crippen LogP contribution in [0.25, 0.3) is 0 Å². The highest BCUT2D eigenvalue weighted by Gasteiger charge is 2.19. The van der Waals surface area contributed by atoms with Crippen molar-refractivity contribution in [1.29, 1.82) is 0 Å². The molecule has 2 rings (SSSR count). The van der Waals surface area contributed by atoms with Gasteiger partial charge in [0.15, 0.2) is 0 Å². The van der Waals surface area contributed by atoms with Gasteiger partial charge in [-0.3, -0.25) is 0 Å². The van der Waals surface area contributed by atoms with Crippen molar-refractivity contribution in [2.45, 2.75) is 19.3 Å². The molecule has 2 heteroatoms. The van der Waals surface area contributed by atoms with Crippen LogP contribution in [-0.4, -0.2) is 13.6 Å². The van der Waals surface area contributed by atoms with Gasteiger partial charge in [0.25, 0.3) is 0 Å². The summed E-state index contributed by atoms with van der Waals surface area (Å²) in [6.45, 7) is 1.14. The summed E-state index contributed by atoms with van der Waals surface area (Å²) in [7, 11) is 2.04. The molecule has 0 aromatic heterocycles. The molecule has 1 atom stereocenters. The van der Waals surface area contributed by atoms with Crippen LogP contribution in [0.2, 0.25) is 0 Å². The third-order valence-corrected chi connectivity index (χ3v) is 3.76. The Morgan fingerprint density at radius 3 is 3.14 bits per heavy atom. The lowest BCUT2D eigenvalue weighted by Crippen LogP contribution is -2.24. The Labute approximate surface area is 94.0 Å². The van der Waals surface area contributed by atoms with Crippen molar-refractivity contribution >= 4 is 15.9 Å². The number of hydrogen-bond acceptors (Lipinski definition) is 1. The topological polar surface area (TPSA) is 12.0 Å². The highest BCUT2D eigenvalue weighted by Crippen LogP contribution is 2.30. The Balaban J connectivity index is 2.18. The third kappa shape index (κ3) is 2.01. The summed E-state index contributed by atoms with van der Waals surface area (Å²) in [5.41, 5.74) is 3.06. The fourth-order valence-electron chi connectivity index (χ4n) is 2.30. The summed E-state index contributed by atoms with van der Waals surface area (Å²) in [4.78, 5) is 0. The van der Waals surface area contributed by atoms with Crippen molar-refractivity contribution in [2.75, 3.05) is 13.6 Å². The molecule has 0 fully saturated rings. The van der Waals surface area contributed by atoms with E-state index in [2.05, 4.69) is 39.4 Å². The molecular weight excluding hydrogens is 238 g/mol. The Morgan fingerprint density at radius 2 is 2.36 bits per heavy atom. The minimum atomic E-state index is 0.821. The molecule has 1 aliphatic rings. The molecule has 0 spiro atoms. The van der Waals surface area contributed by atoms with E-state index in [4.69, 9.17) is 0 Å². The smallest absolute Gasteiger partial charge is 0.0210 e. The maximum atomic E-state index is 3.63. The van der Waals surface area contributed by atoms with E-state index in [9.17, 15) is 0 Å². The summed E-state index contributed by atoms with van der Waals surface area (Å²) >= 11 is 3.63. The third-order valence-electron chi connectivity index (χ3n) is 3.02. The van der Waals surface area contributed by atoms with E-state index in [1.165, 1.54) is 34.9 Å². The van der Waals surface area contributed by atoms with Crippen LogP contribution >= 0.6 is 15.9 Å². The maximum absolute atomic E-state index is 3.63. The molecule has 0 saturated heterocycles. The number of nitrogens with one attached hydrogen (secondary N) is 1. The van der Waals surface area contributed by atoms with Gasteiger partial charge in [-0.15, -0.1) is 0 Å². The van der Waals surface area contributed by atoms with Gasteiger partial charge in [-0.25, -0.2) is 0 Å². The van der Waals surface area contributed by atoms with Crippen LogP contribution in [0.4, 0.5) is 0 Å². The summed E-state index contributed by atoms with van der Waals surface area (Å²) in [6, 6.07) is 6.56. The highest BCUT2D eigenvalue weighted by atomic mass is 79.9. The fourth-order valence-corrected chi connectivity index (χ4v) is 2.90. The van der Waals surface area contributed by atoms with Gasteiger partial charge in [-0.1, -0.05) is 28.1 Å². The first kappa shape index (κ1) is 10.2. The first-order valence-corrected chi connectivity index (χ1v) is 6.01. The molecule has 1 aliphatic carbocycles. The number of benzene rings is 1. The molecule has 0 saturated carbocycles. The van der Waals surface area contributed by atoms with Crippen molar-refractivity contribution < 1.29 is 0 Å². The SMILES string of the molecule is CNCC1CCc2c(Br)cccc2C1.